The number of sulfonamides is 1. The minimum atomic E-state index is -4.54. The van der Waals surface area contributed by atoms with E-state index >= 15 is 0 Å². The Kier molecular flexibility index (Phi) is 5.24. The van der Waals surface area contributed by atoms with Crippen molar-refractivity contribution in [2.45, 2.75) is 17.6 Å². The number of H-pyrrole nitrogens is 1. The van der Waals surface area contributed by atoms with Crippen LogP contribution in [0.2, 0.25) is 0 Å². The average Bonchev–Trinajstić information content (AvgIpc) is 3.06. The summed E-state index contributed by atoms with van der Waals surface area (Å²) < 4.78 is 64.8. The Bertz CT molecular complexity index is 913. The van der Waals surface area contributed by atoms with Crippen LogP contribution in [-0.2, 0) is 16.2 Å². The van der Waals surface area contributed by atoms with Crippen molar-refractivity contribution in [3.05, 3.63) is 47.9 Å². The maximum atomic E-state index is 12.8. The Hall–Kier alpha value is -2.40. The highest BCUT2D eigenvalue weighted by atomic mass is 32.2. The van der Waals surface area contributed by atoms with E-state index in [9.17, 15) is 26.4 Å². The third kappa shape index (κ3) is 4.14. The Morgan fingerprint density at radius 2 is 1.93 bits per heavy atom. The summed E-state index contributed by atoms with van der Waals surface area (Å²) >= 11 is 0. The number of nitrogens with zero attached hydrogens (tertiary/aromatic N) is 3. The molecule has 1 saturated heterocycles. The fraction of sp³-hybridized carbons (Fsp3) is 0.375. The van der Waals surface area contributed by atoms with Crippen LogP contribution in [0.3, 0.4) is 0 Å². The normalized spacial score (nSPS) is 16.9. The van der Waals surface area contributed by atoms with E-state index in [-0.39, 0.29) is 36.8 Å². The largest absolute Gasteiger partial charge is 0.416 e. The van der Waals surface area contributed by atoms with Crippen LogP contribution in [0.25, 0.3) is 0 Å². The zero-order chi connectivity index (χ0) is 19.7. The summed E-state index contributed by atoms with van der Waals surface area (Å²) in [5.41, 5.74) is -0.971. The second-order valence-corrected chi connectivity index (χ2v) is 7.95. The molecule has 2 aromatic rings. The van der Waals surface area contributed by atoms with E-state index in [2.05, 4.69) is 9.97 Å². The highest BCUT2D eigenvalue weighted by Crippen LogP contribution is 2.30. The molecule has 27 heavy (non-hydrogen) atoms. The molecule has 0 radical (unpaired) electrons. The number of hydrogen-bond acceptors (Lipinski definition) is 4. The van der Waals surface area contributed by atoms with E-state index in [1.807, 2.05) is 0 Å². The smallest absolute Gasteiger partial charge is 0.337 e. The first-order chi connectivity index (χ1) is 12.7. The van der Waals surface area contributed by atoms with Crippen molar-refractivity contribution in [3.8, 4) is 0 Å². The number of nitrogens with one attached hydrogen (secondary N) is 1. The average molecular weight is 402 g/mol. The maximum Gasteiger partial charge on any atom is 0.416 e. The predicted molar refractivity (Wildman–Crippen MR) is 89.3 cm³/mol. The molecule has 0 aliphatic carbocycles. The van der Waals surface area contributed by atoms with Crippen LogP contribution in [0.4, 0.5) is 13.2 Å². The van der Waals surface area contributed by atoms with Gasteiger partial charge in [-0.2, -0.15) is 17.5 Å². The highest BCUT2D eigenvalue weighted by molar-refractivity contribution is 7.89. The molecule has 0 spiro atoms. The number of aromatic nitrogens is 2. The quantitative estimate of drug-likeness (QED) is 0.851. The number of carbonyl (C=O) groups excluding carboxylic acids is 1. The van der Waals surface area contributed by atoms with Gasteiger partial charge in [-0.3, -0.25) is 4.79 Å². The molecular weight excluding hydrogens is 385 g/mol. The summed E-state index contributed by atoms with van der Waals surface area (Å²) in [6, 6.07) is 4.22. The molecule has 1 fully saturated rings. The minimum Gasteiger partial charge on any atom is -0.337 e. The van der Waals surface area contributed by atoms with Crippen molar-refractivity contribution in [2.24, 2.45) is 0 Å². The van der Waals surface area contributed by atoms with E-state index in [0.717, 1.165) is 12.1 Å². The second-order valence-electron chi connectivity index (χ2n) is 6.04. The lowest BCUT2D eigenvalue weighted by atomic mass is 10.1. The molecule has 0 saturated carbocycles. The number of rotatable bonds is 3. The minimum absolute atomic E-state index is 0.0415. The zero-order valence-corrected chi connectivity index (χ0v) is 14.9. The van der Waals surface area contributed by atoms with Crippen molar-refractivity contribution in [1.82, 2.24) is 19.2 Å². The molecule has 0 atom stereocenters. The SMILES string of the molecule is O=C(c1cccc(C(F)(F)F)c1)N1CCCN(S(=O)(=O)c2cnc[nH]2)CC1. The summed E-state index contributed by atoms with van der Waals surface area (Å²) in [5, 5.41) is -0.0415. The molecule has 0 unspecified atom stereocenters. The first-order valence-corrected chi connectivity index (χ1v) is 9.58. The molecule has 7 nitrogen and oxygen atoms in total. The molecule has 3 rings (SSSR count). The number of hydrogen-bond donors (Lipinski definition) is 1. The third-order valence-corrected chi connectivity index (χ3v) is 6.09. The molecule has 1 aromatic heterocycles. The summed E-state index contributed by atoms with van der Waals surface area (Å²) in [4.78, 5) is 20.2. The standard InChI is InChI=1S/C16H17F3N4O3S/c17-16(18,19)13-4-1-3-12(9-13)15(24)22-5-2-6-23(8-7-22)27(25,26)14-10-20-11-21-14/h1,3-4,9-11H,2,5-8H2,(H,20,21). The van der Waals surface area contributed by atoms with Crippen LogP contribution in [-0.4, -0.2) is 59.7 Å². The second kappa shape index (κ2) is 7.31. The maximum absolute atomic E-state index is 12.8. The van der Waals surface area contributed by atoms with Gasteiger partial charge in [0.25, 0.3) is 15.9 Å². The van der Waals surface area contributed by atoms with Gasteiger partial charge in [0.1, 0.15) is 0 Å². The van der Waals surface area contributed by atoms with Gasteiger partial charge in [-0.05, 0) is 24.6 Å². The number of amides is 1. The Labute approximate surface area is 153 Å². The van der Waals surface area contributed by atoms with Crippen molar-refractivity contribution >= 4 is 15.9 Å². The molecule has 1 N–H and O–H groups in total. The first-order valence-electron chi connectivity index (χ1n) is 8.14. The third-order valence-electron chi connectivity index (χ3n) is 4.27. The van der Waals surface area contributed by atoms with Crippen LogP contribution in [0.5, 0.6) is 0 Å². The van der Waals surface area contributed by atoms with E-state index in [0.29, 0.717) is 6.42 Å². The number of carbonyl (C=O) groups is 1. The topological polar surface area (TPSA) is 86.4 Å². The molecule has 2 heterocycles. The number of alkyl halides is 3. The van der Waals surface area contributed by atoms with Gasteiger partial charge in [-0.15, -0.1) is 0 Å². The molecule has 1 amide bonds. The Morgan fingerprint density at radius 3 is 2.59 bits per heavy atom. The van der Waals surface area contributed by atoms with Gasteiger partial charge in [0, 0.05) is 31.7 Å². The van der Waals surface area contributed by atoms with E-state index in [1.54, 1.807) is 0 Å². The summed E-state index contributed by atoms with van der Waals surface area (Å²) in [6.45, 7) is 0.590. The van der Waals surface area contributed by atoms with Crippen LogP contribution < -0.4 is 0 Å². The van der Waals surface area contributed by atoms with Crippen molar-refractivity contribution in [3.63, 3.8) is 0 Å². The van der Waals surface area contributed by atoms with Gasteiger partial charge in [0.05, 0.1) is 18.1 Å². The van der Waals surface area contributed by atoms with E-state index < -0.39 is 27.7 Å². The van der Waals surface area contributed by atoms with Gasteiger partial charge in [0.15, 0.2) is 5.03 Å². The molecule has 1 aromatic carbocycles. The van der Waals surface area contributed by atoms with Crippen molar-refractivity contribution in [1.29, 1.82) is 0 Å². The van der Waals surface area contributed by atoms with Crippen LogP contribution in [0, 0.1) is 0 Å². The Morgan fingerprint density at radius 1 is 1.15 bits per heavy atom. The fourth-order valence-electron chi connectivity index (χ4n) is 2.87. The number of halogens is 3. The van der Waals surface area contributed by atoms with Crippen molar-refractivity contribution in [2.75, 3.05) is 26.2 Å². The van der Waals surface area contributed by atoms with Crippen LogP contribution >= 0.6 is 0 Å². The molecular formula is C16H17F3N4O3S. The molecule has 0 bridgehead atoms. The molecule has 1 aliphatic heterocycles. The number of aromatic amines is 1. The summed E-state index contributed by atoms with van der Waals surface area (Å²) in [6.07, 6.45) is -1.71. The molecule has 146 valence electrons. The van der Waals surface area contributed by atoms with Crippen LogP contribution in [0.1, 0.15) is 22.3 Å². The van der Waals surface area contributed by atoms with Gasteiger partial charge < -0.3 is 9.88 Å². The van der Waals surface area contributed by atoms with E-state index in [1.165, 1.54) is 33.9 Å². The molecule has 11 heteroatoms. The zero-order valence-electron chi connectivity index (χ0n) is 14.1. The predicted octanol–water partition coefficient (Wildman–Crippen LogP) is 1.97. The number of benzene rings is 1. The van der Waals surface area contributed by atoms with Crippen molar-refractivity contribution < 1.29 is 26.4 Å². The summed E-state index contributed by atoms with van der Waals surface area (Å²) in [5.74, 6) is -0.554. The van der Waals surface area contributed by atoms with Gasteiger partial charge in [0.2, 0.25) is 0 Å². The lowest BCUT2D eigenvalue weighted by Crippen LogP contribution is -2.37. The lowest BCUT2D eigenvalue weighted by molar-refractivity contribution is -0.137. The Balaban J connectivity index is 1.74. The fourth-order valence-corrected chi connectivity index (χ4v) is 4.24. The molecule has 1 aliphatic rings. The monoisotopic (exact) mass is 402 g/mol. The lowest BCUT2D eigenvalue weighted by Gasteiger charge is -2.22. The van der Waals surface area contributed by atoms with Crippen LogP contribution in [0.15, 0.2) is 41.8 Å². The summed E-state index contributed by atoms with van der Waals surface area (Å²) in [7, 11) is -3.75. The van der Waals surface area contributed by atoms with Gasteiger partial charge in [-0.25, -0.2) is 13.4 Å². The van der Waals surface area contributed by atoms with Gasteiger partial charge in [-0.1, -0.05) is 6.07 Å². The van der Waals surface area contributed by atoms with Gasteiger partial charge >= 0.3 is 6.18 Å². The first kappa shape index (κ1) is 19.4. The van der Waals surface area contributed by atoms with E-state index in [4.69, 9.17) is 0 Å². The number of imidazole rings is 1. The highest BCUT2D eigenvalue weighted by Gasteiger charge is 2.32.